The lowest BCUT2D eigenvalue weighted by Gasteiger charge is -2.37. The number of para-hydroxylation sites is 1. The summed E-state index contributed by atoms with van der Waals surface area (Å²) in [4.78, 5) is 38.1. The highest BCUT2D eigenvalue weighted by molar-refractivity contribution is 5.97. The first kappa shape index (κ1) is 17.0. The minimum absolute atomic E-state index is 0.179. The average Bonchev–Trinajstić information content (AvgIpc) is 2.66. The highest BCUT2D eigenvalue weighted by atomic mass is 16.5. The normalized spacial score (nSPS) is 14.0. The van der Waals surface area contributed by atoms with Crippen LogP contribution in [0.2, 0.25) is 0 Å². The van der Waals surface area contributed by atoms with Crippen molar-refractivity contribution in [3.05, 3.63) is 70.6 Å². The molecule has 1 aliphatic rings. The lowest BCUT2D eigenvalue weighted by molar-refractivity contribution is -0.149. The van der Waals surface area contributed by atoms with Crippen molar-refractivity contribution in [2.75, 3.05) is 20.2 Å². The van der Waals surface area contributed by atoms with Gasteiger partial charge in [-0.25, -0.2) is 4.79 Å². The zero-order valence-electron chi connectivity index (χ0n) is 14.7. The van der Waals surface area contributed by atoms with Gasteiger partial charge in [-0.15, -0.1) is 0 Å². The molecule has 6 heteroatoms. The van der Waals surface area contributed by atoms with Crippen LogP contribution in [-0.4, -0.2) is 37.0 Å². The number of rotatable bonds is 3. The van der Waals surface area contributed by atoms with Gasteiger partial charge in [0.15, 0.2) is 0 Å². The number of carbonyl (C=O) groups excluding carboxylic acids is 2. The van der Waals surface area contributed by atoms with E-state index in [2.05, 4.69) is 0 Å². The fourth-order valence-corrected chi connectivity index (χ4v) is 3.23. The van der Waals surface area contributed by atoms with Crippen LogP contribution in [0.25, 0.3) is 22.1 Å². The molecule has 3 aromatic rings. The molecular weight excluding hydrogens is 346 g/mol. The van der Waals surface area contributed by atoms with Crippen molar-refractivity contribution in [2.45, 2.75) is 0 Å². The molecule has 1 aromatic heterocycles. The molecule has 0 aliphatic carbocycles. The SMILES string of the molecule is COC(=O)C1CN(C(=O)c2cccc(-c3cc4ccccc4oc3=O)c2)C1. The van der Waals surface area contributed by atoms with Crippen molar-refractivity contribution in [3.63, 3.8) is 0 Å². The van der Waals surface area contributed by atoms with Crippen molar-refractivity contribution >= 4 is 22.8 Å². The van der Waals surface area contributed by atoms with Crippen LogP contribution in [0.5, 0.6) is 0 Å². The van der Waals surface area contributed by atoms with Gasteiger partial charge in [0.2, 0.25) is 0 Å². The fourth-order valence-electron chi connectivity index (χ4n) is 3.23. The van der Waals surface area contributed by atoms with Gasteiger partial charge < -0.3 is 14.1 Å². The number of ether oxygens (including phenoxy) is 1. The maximum atomic E-state index is 12.6. The van der Waals surface area contributed by atoms with Crippen LogP contribution in [0.4, 0.5) is 0 Å². The van der Waals surface area contributed by atoms with Crippen LogP contribution in [0.3, 0.4) is 0 Å². The number of nitrogens with zero attached hydrogens (tertiary/aromatic N) is 1. The van der Waals surface area contributed by atoms with Crippen LogP contribution in [0.1, 0.15) is 10.4 Å². The third kappa shape index (κ3) is 3.10. The van der Waals surface area contributed by atoms with Crippen molar-refractivity contribution in [1.82, 2.24) is 4.90 Å². The molecule has 1 amide bonds. The van der Waals surface area contributed by atoms with Crippen LogP contribution in [0, 0.1) is 5.92 Å². The number of carbonyl (C=O) groups is 2. The van der Waals surface area contributed by atoms with Gasteiger partial charge in [-0.1, -0.05) is 30.3 Å². The predicted octanol–water partition coefficient (Wildman–Crippen LogP) is 2.71. The van der Waals surface area contributed by atoms with Crippen LogP contribution >= 0.6 is 0 Å². The summed E-state index contributed by atoms with van der Waals surface area (Å²) in [7, 11) is 1.34. The number of benzene rings is 2. The molecule has 4 rings (SSSR count). The van der Waals surface area contributed by atoms with E-state index < -0.39 is 5.63 Å². The summed E-state index contributed by atoms with van der Waals surface area (Å²) in [5, 5.41) is 0.812. The van der Waals surface area contributed by atoms with Crippen LogP contribution in [-0.2, 0) is 9.53 Å². The van der Waals surface area contributed by atoms with E-state index in [1.807, 2.05) is 12.1 Å². The van der Waals surface area contributed by atoms with E-state index in [1.54, 1.807) is 47.4 Å². The molecule has 0 spiro atoms. The zero-order chi connectivity index (χ0) is 19.0. The number of fused-ring (bicyclic) bond motifs is 1. The lowest BCUT2D eigenvalue weighted by atomic mass is 9.97. The first-order valence-electron chi connectivity index (χ1n) is 8.57. The first-order chi connectivity index (χ1) is 13.1. The van der Waals surface area contributed by atoms with Crippen molar-refractivity contribution < 1.29 is 18.7 Å². The highest BCUT2D eigenvalue weighted by Gasteiger charge is 2.36. The first-order valence-corrected chi connectivity index (χ1v) is 8.57. The molecule has 136 valence electrons. The molecule has 1 saturated heterocycles. The Hall–Kier alpha value is -3.41. The molecule has 1 fully saturated rings. The largest absolute Gasteiger partial charge is 0.469 e. The van der Waals surface area contributed by atoms with E-state index in [0.29, 0.717) is 35.4 Å². The smallest absolute Gasteiger partial charge is 0.344 e. The molecule has 0 atom stereocenters. The van der Waals surface area contributed by atoms with Gasteiger partial charge in [0.1, 0.15) is 5.58 Å². The number of hydrogen-bond donors (Lipinski definition) is 0. The summed E-state index contributed by atoms with van der Waals surface area (Å²) < 4.78 is 10.1. The molecule has 0 saturated carbocycles. The van der Waals surface area contributed by atoms with E-state index in [1.165, 1.54) is 7.11 Å². The van der Waals surface area contributed by atoms with E-state index in [0.717, 1.165) is 5.39 Å². The second-order valence-electron chi connectivity index (χ2n) is 6.50. The molecular formula is C21H17NO5. The third-order valence-electron chi connectivity index (χ3n) is 4.77. The maximum absolute atomic E-state index is 12.6. The monoisotopic (exact) mass is 363 g/mol. The number of methoxy groups -OCH3 is 1. The Labute approximate surface area is 155 Å². The number of likely N-dealkylation sites (tertiary alicyclic amines) is 1. The minimum atomic E-state index is -0.451. The molecule has 2 aromatic carbocycles. The number of esters is 1. The van der Waals surface area contributed by atoms with Gasteiger partial charge in [-0.3, -0.25) is 9.59 Å². The van der Waals surface area contributed by atoms with Gasteiger partial charge in [-0.05, 0) is 29.8 Å². The Morgan fingerprint density at radius 1 is 1.07 bits per heavy atom. The quantitative estimate of drug-likeness (QED) is 0.528. The standard InChI is InChI=1S/C21H17NO5/c1-26-20(24)16-11-22(12-16)19(23)15-7-4-6-13(9-15)17-10-14-5-2-3-8-18(14)27-21(17)25/h2-10,16H,11-12H2,1H3. The molecule has 1 aliphatic heterocycles. The predicted molar refractivity (Wildman–Crippen MR) is 99.3 cm³/mol. The van der Waals surface area contributed by atoms with E-state index in [9.17, 15) is 14.4 Å². The van der Waals surface area contributed by atoms with E-state index in [4.69, 9.17) is 9.15 Å². The summed E-state index contributed by atoms with van der Waals surface area (Å²) in [6.07, 6.45) is 0. The Morgan fingerprint density at radius 2 is 1.85 bits per heavy atom. The second kappa shape index (κ2) is 6.72. The zero-order valence-corrected chi connectivity index (χ0v) is 14.7. The van der Waals surface area contributed by atoms with Crippen LogP contribution in [0.15, 0.2) is 63.8 Å². The molecule has 0 unspecified atom stereocenters. The average molecular weight is 363 g/mol. The van der Waals surface area contributed by atoms with Crippen LogP contribution < -0.4 is 5.63 Å². The number of hydrogen-bond acceptors (Lipinski definition) is 5. The van der Waals surface area contributed by atoms with Gasteiger partial charge in [0, 0.05) is 24.0 Å². The van der Waals surface area contributed by atoms with Crippen molar-refractivity contribution in [1.29, 1.82) is 0 Å². The highest BCUT2D eigenvalue weighted by Crippen LogP contribution is 2.24. The van der Waals surface area contributed by atoms with E-state index in [-0.39, 0.29) is 17.8 Å². The summed E-state index contributed by atoms with van der Waals surface area (Å²) in [5.74, 6) is -0.751. The molecule has 0 bridgehead atoms. The summed E-state index contributed by atoms with van der Waals surface area (Å²) >= 11 is 0. The lowest BCUT2D eigenvalue weighted by Crippen LogP contribution is -2.53. The second-order valence-corrected chi connectivity index (χ2v) is 6.50. The van der Waals surface area contributed by atoms with E-state index >= 15 is 0 Å². The molecule has 0 radical (unpaired) electrons. The molecule has 2 heterocycles. The van der Waals surface area contributed by atoms with Gasteiger partial charge >= 0.3 is 11.6 Å². The maximum Gasteiger partial charge on any atom is 0.344 e. The summed E-state index contributed by atoms with van der Waals surface area (Å²) in [6, 6.07) is 15.9. The van der Waals surface area contributed by atoms with Crippen molar-refractivity contribution in [2.24, 2.45) is 5.92 Å². The van der Waals surface area contributed by atoms with Gasteiger partial charge in [0.05, 0.1) is 18.6 Å². The Morgan fingerprint density at radius 3 is 2.63 bits per heavy atom. The molecule has 0 N–H and O–H groups in total. The van der Waals surface area contributed by atoms with Gasteiger partial charge in [-0.2, -0.15) is 0 Å². The molecule has 27 heavy (non-hydrogen) atoms. The third-order valence-corrected chi connectivity index (χ3v) is 4.77. The Bertz CT molecular complexity index is 1090. The Balaban J connectivity index is 1.62. The molecule has 6 nitrogen and oxygen atoms in total. The Kier molecular flexibility index (Phi) is 4.24. The van der Waals surface area contributed by atoms with Gasteiger partial charge in [0.25, 0.3) is 5.91 Å². The summed E-state index contributed by atoms with van der Waals surface area (Å²) in [5.41, 5.74) is 1.55. The topological polar surface area (TPSA) is 76.8 Å². The van der Waals surface area contributed by atoms with Crippen molar-refractivity contribution in [3.8, 4) is 11.1 Å². The fraction of sp³-hybridized carbons (Fsp3) is 0.190. The number of amides is 1. The summed E-state index contributed by atoms with van der Waals surface area (Å²) in [6.45, 7) is 0.682. The minimum Gasteiger partial charge on any atom is -0.469 e.